The van der Waals surface area contributed by atoms with Crippen LogP contribution in [0.15, 0.2) is 59.7 Å². The number of benzene rings is 1. The van der Waals surface area contributed by atoms with E-state index in [1.807, 2.05) is 30.6 Å². The fourth-order valence-electron chi connectivity index (χ4n) is 4.36. The van der Waals surface area contributed by atoms with Crippen molar-refractivity contribution in [3.63, 3.8) is 0 Å². The van der Waals surface area contributed by atoms with E-state index in [9.17, 15) is 9.90 Å². The van der Waals surface area contributed by atoms with Crippen molar-refractivity contribution in [2.45, 2.75) is 19.6 Å². The molecular formula is C25H24ClN3O3. The summed E-state index contributed by atoms with van der Waals surface area (Å²) >= 11 is 6.14. The molecule has 0 bridgehead atoms. The number of aliphatic hydroxyl groups is 1. The fraction of sp³-hybridized carbons (Fsp3) is 0.280. The van der Waals surface area contributed by atoms with Gasteiger partial charge in [-0.3, -0.25) is 9.78 Å². The topological polar surface area (TPSA) is 67.6 Å². The van der Waals surface area contributed by atoms with Crippen LogP contribution in [0.1, 0.15) is 27.9 Å². The Morgan fingerprint density at radius 1 is 1.09 bits per heavy atom. The van der Waals surface area contributed by atoms with E-state index in [2.05, 4.69) is 22.0 Å². The van der Waals surface area contributed by atoms with E-state index < -0.39 is 0 Å². The van der Waals surface area contributed by atoms with Crippen molar-refractivity contribution in [1.82, 2.24) is 9.55 Å². The summed E-state index contributed by atoms with van der Waals surface area (Å²) in [6, 6.07) is 11.2. The zero-order valence-electron chi connectivity index (χ0n) is 17.6. The van der Waals surface area contributed by atoms with Crippen molar-refractivity contribution in [2.24, 2.45) is 0 Å². The second kappa shape index (κ2) is 8.90. The van der Waals surface area contributed by atoms with E-state index in [1.54, 1.807) is 16.7 Å². The van der Waals surface area contributed by atoms with Crippen molar-refractivity contribution in [3.8, 4) is 0 Å². The lowest BCUT2D eigenvalue weighted by Crippen LogP contribution is -2.36. The highest BCUT2D eigenvalue weighted by atomic mass is 35.5. The Kier molecular flexibility index (Phi) is 5.83. The number of fused-ring (bicyclic) bond motifs is 1. The van der Waals surface area contributed by atoms with Crippen LogP contribution in [0, 0.1) is 0 Å². The molecule has 1 saturated heterocycles. The van der Waals surface area contributed by atoms with Crippen molar-refractivity contribution in [2.75, 3.05) is 31.2 Å². The quantitative estimate of drug-likeness (QED) is 0.647. The van der Waals surface area contributed by atoms with Crippen LogP contribution in [0.3, 0.4) is 0 Å². The number of aromatic nitrogens is 2. The molecule has 0 saturated carbocycles. The highest BCUT2D eigenvalue weighted by Crippen LogP contribution is 2.33. The summed E-state index contributed by atoms with van der Waals surface area (Å²) in [6.07, 6.45) is 6.66. The maximum absolute atomic E-state index is 12.9. The molecule has 0 atom stereocenters. The number of anilines is 1. The highest BCUT2D eigenvalue weighted by molar-refractivity contribution is 6.30. The minimum atomic E-state index is -0.0879. The number of pyridine rings is 2. The van der Waals surface area contributed by atoms with E-state index in [0.717, 1.165) is 71.9 Å². The molecule has 1 aliphatic heterocycles. The first-order valence-electron chi connectivity index (χ1n) is 10.7. The largest absolute Gasteiger partial charge is 0.392 e. The van der Waals surface area contributed by atoms with Gasteiger partial charge < -0.3 is 19.3 Å². The third-order valence-electron chi connectivity index (χ3n) is 5.98. The number of hydrogen-bond donors (Lipinski definition) is 1. The number of morpholine rings is 1. The average molecular weight is 450 g/mol. The molecule has 0 spiro atoms. The van der Waals surface area contributed by atoms with Gasteiger partial charge in [-0.05, 0) is 46.5 Å². The SMILES string of the molecule is O=c1cc(C2=CCc3ncc(N4CCOCC4)cc32)ccn1Cc1cc(Cl)cc(CO)c1. The lowest BCUT2D eigenvalue weighted by molar-refractivity contribution is 0.122. The van der Waals surface area contributed by atoms with Gasteiger partial charge in [-0.25, -0.2) is 0 Å². The van der Waals surface area contributed by atoms with Crippen LogP contribution in [0.2, 0.25) is 5.02 Å². The molecule has 0 radical (unpaired) electrons. The van der Waals surface area contributed by atoms with Crippen LogP contribution in [-0.2, 0) is 24.3 Å². The van der Waals surface area contributed by atoms with E-state index >= 15 is 0 Å². The summed E-state index contributed by atoms with van der Waals surface area (Å²) in [6.45, 7) is 3.48. The summed E-state index contributed by atoms with van der Waals surface area (Å²) in [7, 11) is 0. The van der Waals surface area contributed by atoms with Crippen molar-refractivity contribution in [1.29, 1.82) is 0 Å². The maximum Gasteiger partial charge on any atom is 0.251 e. The van der Waals surface area contributed by atoms with Gasteiger partial charge in [0.25, 0.3) is 5.56 Å². The molecule has 2 aliphatic rings. The molecule has 7 heteroatoms. The summed E-state index contributed by atoms with van der Waals surface area (Å²) in [5.74, 6) is 0. The molecular weight excluding hydrogens is 426 g/mol. The van der Waals surface area contributed by atoms with Crippen LogP contribution in [0.5, 0.6) is 0 Å². The number of rotatable bonds is 5. The average Bonchev–Trinajstić information content (AvgIpc) is 3.24. The summed E-state index contributed by atoms with van der Waals surface area (Å²) in [5.41, 5.74) is 6.69. The van der Waals surface area contributed by atoms with Gasteiger partial charge in [0.1, 0.15) is 0 Å². The molecule has 1 aromatic carbocycles. The first kappa shape index (κ1) is 20.9. The Morgan fingerprint density at radius 2 is 1.91 bits per heavy atom. The van der Waals surface area contributed by atoms with Crippen LogP contribution >= 0.6 is 11.6 Å². The van der Waals surface area contributed by atoms with Crippen LogP contribution in [-0.4, -0.2) is 41.0 Å². The molecule has 32 heavy (non-hydrogen) atoms. The predicted molar refractivity (Wildman–Crippen MR) is 125 cm³/mol. The van der Waals surface area contributed by atoms with E-state index in [4.69, 9.17) is 16.3 Å². The normalized spacial score (nSPS) is 15.6. The van der Waals surface area contributed by atoms with Gasteiger partial charge >= 0.3 is 0 Å². The third kappa shape index (κ3) is 4.21. The summed E-state index contributed by atoms with van der Waals surface area (Å²) in [4.78, 5) is 19.9. The molecule has 0 amide bonds. The van der Waals surface area contributed by atoms with Gasteiger partial charge in [-0.1, -0.05) is 23.7 Å². The molecule has 1 fully saturated rings. The number of hydrogen-bond acceptors (Lipinski definition) is 5. The van der Waals surface area contributed by atoms with Gasteiger partial charge in [0.2, 0.25) is 0 Å². The zero-order chi connectivity index (χ0) is 22.1. The molecule has 164 valence electrons. The van der Waals surface area contributed by atoms with Gasteiger partial charge in [0.05, 0.1) is 43.9 Å². The van der Waals surface area contributed by atoms with Crippen LogP contribution in [0.25, 0.3) is 5.57 Å². The molecule has 3 heterocycles. The standard InChI is InChI=1S/C25H24ClN3O3/c26-20-10-17(9-18(11-20)16-30)15-29-4-3-19(12-25(29)31)22-1-2-24-23(22)13-21(14-27-24)28-5-7-32-8-6-28/h1,3-4,9-14,30H,2,5-8,15-16H2. The lowest BCUT2D eigenvalue weighted by atomic mass is 10.0. The molecule has 3 aromatic rings. The predicted octanol–water partition coefficient (Wildman–Crippen LogP) is 3.26. The second-order valence-corrected chi connectivity index (χ2v) is 8.55. The minimum Gasteiger partial charge on any atom is -0.392 e. The number of halogens is 1. The van der Waals surface area contributed by atoms with Crippen LogP contribution < -0.4 is 10.5 Å². The molecule has 2 aromatic heterocycles. The first-order chi connectivity index (χ1) is 15.6. The number of aliphatic hydroxyl groups excluding tert-OH is 1. The monoisotopic (exact) mass is 449 g/mol. The van der Waals surface area contributed by atoms with E-state index in [-0.39, 0.29) is 12.2 Å². The molecule has 6 nitrogen and oxygen atoms in total. The minimum absolute atomic E-state index is 0.0836. The molecule has 0 unspecified atom stereocenters. The zero-order valence-corrected chi connectivity index (χ0v) is 18.4. The maximum atomic E-state index is 12.9. The second-order valence-electron chi connectivity index (χ2n) is 8.12. The highest BCUT2D eigenvalue weighted by Gasteiger charge is 2.20. The molecule has 1 aliphatic carbocycles. The Bertz CT molecular complexity index is 1250. The van der Waals surface area contributed by atoms with Gasteiger partial charge in [0.15, 0.2) is 0 Å². The van der Waals surface area contributed by atoms with Crippen molar-refractivity contribution < 1.29 is 9.84 Å². The van der Waals surface area contributed by atoms with Gasteiger partial charge in [0, 0.05) is 42.4 Å². The van der Waals surface area contributed by atoms with E-state index in [1.165, 1.54) is 0 Å². The van der Waals surface area contributed by atoms with Crippen molar-refractivity contribution >= 4 is 22.9 Å². The van der Waals surface area contributed by atoms with Crippen LogP contribution in [0.4, 0.5) is 5.69 Å². The smallest absolute Gasteiger partial charge is 0.251 e. The van der Waals surface area contributed by atoms with E-state index in [0.29, 0.717) is 11.6 Å². The van der Waals surface area contributed by atoms with Gasteiger partial charge in [-0.2, -0.15) is 0 Å². The molecule has 5 rings (SSSR count). The summed E-state index contributed by atoms with van der Waals surface area (Å²) < 4.78 is 7.11. The Hall–Kier alpha value is -2.93. The summed E-state index contributed by atoms with van der Waals surface area (Å²) in [5, 5.41) is 9.95. The third-order valence-corrected chi connectivity index (χ3v) is 6.20. The first-order valence-corrected chi connectivity index (χ1v) is 11.1. The Labute approximate surface area is 191 Å². The number of nitrogens with zero attached hydrogens (tertiary/aromatic N) is 3. The number of ether oxygens (including phenoxy) is 1. The van der Waals surface area contributed by atoms with Crippen molar-refractivity contribution in [3.05, 3.63) is 98.2 Å². The lowest BCUT2D eigenvalue weighted by Gasteiger charge is -2.29. The fourth-order valence-corrected chi connectivity index (χ4v) is 4.64. The van der Waals surface area contributed by atoms with Gasteiger partial charge in [-0.15, -0.1) is 0 Å². The molecule has 1 N–H and O–H groups in total. The Morgan fingerprint density at radius 3 is 2.69 bits per heavy atom. The number of allylic oxidation sites excluding steroid dienone is 1. The Balaban J connectivity index is 1.41.